The standard InChI is InChI=1S/C26H47N5O2/c1-5-7-13-22(6-2)20-29-25(32)27-18-11-9-8-10-12-19-28-26(33)30-21-23-14-16-24(17-15-23)31(3)4/h14-17,22H,5-13,18-21H2,1-4H3,(H2,27,29,32)(H2,28,30,33). The quantitative estimate of drug-likeness (QED) is 0.246. The van der Waals surface area contributed by atoms with Gasteiger partial charge in [-0.2, -0.15) is 0 Å². The molecule has 0 aromatic heterocycles. The molecule has 7 heteroatoms. The van der Waals surface area contributed by atoms with Crippen LogP contribution in [0.1, 0.15) is 77.2 Å². The molecule has 0 saturated heterocycles. The lowest BCUT2D eigenvalue weighted by Crippen LogP contribution is -2.38. The summed E-state index contributed by atoms with van der Waals surface area (Å²) < 4.78 is 0. The van der Waals surface area contributed by atoms with Crippen LogP contribution in [0.25, 0.3) is 0 Å². The number of benzene rings is 1. The molecular formula is C26H47N5O2. The Morgan fingerprint density at radius 3 is 1.91 bits per heavy atom. The lowest BCUT2D eigenvalue weighted by Gasteiger charge is -2.15. The summed E-state index contributed by atoms with van der Waals surface area (Å²) in [5.41, 5.74) is 2.23. The van der Waals surface area contributed by atoms with Crippen molar-refractivity contribution < 1.29 is 9.59 Å². The van der Waals surface area contributed by atoms with Crippen LogP contribution in [-0.2, 0) is 6.54 Å². The molecule has 0 saturated carbocycles. The summed E-state index contributed by atoms with van der Waals surface area (Å²) in [6.07, 6.45) is 9.97. The second-order valence-electron chi connectivity index (χ2n) is 8.99. The van der Waals surface area contributed by atoms with Crippen molar-refractivity contribution in [3.8, 4) is 0 Å². The fourth-order valence-electron chi connectivity index (χ4n) is 3.58. The van der Waals surface area contributed by atoms with Crippen molar-refractivity contribution in [3.05, 3.63) is 29.8 Å². The number of carbonyl (C=O) groups is 2. The van der Waals surface area contributed by atoms with Crippen LogP contribution in [0.5, 0.6) is 0 Å². The number of rotatable bonds is 17. The number of urea groups is 2. The maximum Gasteiger partial charge on any atom is 0.315 e. The lowest BCUT2D eigenvalue weighted by molar-refractivity contribution is 0.237. The second-order valence-corrected chi connectivity index (χ2v) is 8.99. The minimum atomic E-state index is -0.123. The summed E-state index contributed by atoms with van der Waals surface area (Å²) in [6, 6.07) is 7.99. The Bertz CT molecular complexity index is 649. The van der Waals surface area contributed by atoms with E-state index in [2.05, 4.69) is 40.0 Å². The third-order valence-electron chi connectivity index (χ3n) is 5.93. The average Bonchev–Trinajstić information content (AvgIpc) is 2.82. The van der Waals surface area contributed by atoms with Gasteiger partial charge in [0.1, 0.15) is 0 Å². The van der Waals surface area contributed by atoms with Gasteiger partial charge in [0.2, 0.25) is 0 Å². The van der Waals surface area contributed by atoms with Crippen molar-refractivity contribution in [2.45, 2.75) is 78.2 Å². The molecule has 0 bridgehead atoms. The van der Waals surface area contributed by atoms with E-state index < -0.39 is 0 Å². The van der Waals surface area contributed by atoms with Gasteiger partial charge in [-0.3, -0.25) is 0 Å². The van der Waals surface area contributed by atoms with Crippen LogP contribution < -0.4 is 26.2 Å². The zero-order valence-electron chi connectivity index (χ0n) is 21.3. The van der Waals surface area contributed by atoms with Crippen molar-refractivity contribution in [2.24, 2.45) is 5.92 Å². The number of carbonyl (C=O) groups excluding carboxylic acids is 2. The van der Waals surface area contributed by atoms with E-state index in [0.717, 1.165) is 56.3 Å². The largest absolute Gasteiger partial charge is 0.378 e. The number of amides is 4. The number of anilines is 1. The molecule has 1 rings (SSSR count). The molecule has 33 heavy (non-hydrogen) atoms. The first kappa shape index (κ1) is 28.6. The summed E-state index contributed by atoms with van der Waals surface area (Å²) in [7, 11) is 4.02. The second kappa shape index (κ2) is 18.0. The van der Waals surface area contributed by atoms with Crippen molar-refractivity contribution in [1.29, 1.82) is 0 Å². The van der Waals surface area contributed by atoms with Crippen LogP contribution in [0.4, 0.5) is 15.3 Å². The smallest absolute Gasteiger partial charge is 0.315 e. The average molecular weight is 462 g/mol. The fourth-order valence-corrected chi connectivity index (χ4v) is 3.58. The first-order chi connectivity index (χ1) is 16.0. The van der Waals surface area contributed by atoms with Gasteiger partial charge in [-0.05, 0) is 42.9 Å². The van der Waals surface area contributed by atoms with Crippen molar-refractivity contribution in [1.82, 2.24) is 21.3 Å². The molecule has 0 aliphatic carbocycles. The maximum absolute atomic E-state index is 11.9. The molecule has 0 heterocycles. The van der Waals surface area contributed by atoms with Gasteiger partial charge in [0.05, 0.1) is 0 Å². The molecule has 0 aliphatic heterocycles. The topological polar surface area (TPSA) is 85.5 Å². The molecule has 188 valence electrons. The predicted molar refractivity (Wildman–Crippen MR) is 139 cm³/mol. The minimum Gasteiger partial charge on any atom is -0.378 e. The molecular weight excluding hydrogens is 414 g/mol. The van der Waals surface area contributed by atoms with Gasteiger partial charge in [0, 0.05) is 46.0 Å². The third-order valence-corrected chi connectivity index (χ3v) is 5.93. The van der Waals surface area contributed by atoms with Gasteiger partial charge in [-0.25, -0.2) is 9.59 Å². The van der Waals surface area contributed by atoms with E-state index in [1.165, 1.54) is 19.3 Å². The van der Waals surface area contributed by atoms with Gasteiger partial charge < -0.3 is 26.2 Å². The van der Waals surface area contributed by atoms with Gasteiger partial charge in [0.25, 0.3) is 0 Å². The summed E-state index contributed by atoms with van der Waals surface area (Å²) in [5.74, 6) is 0.584. The molecule has 0 fully saturated rings. The molecule has 0 spiro atoms. The Labute approximate surface area is 201 Å². The van der Waals surface area contributed by atoms with Crippen molar-refractivity contribution >= 4 is 17.7 Å². The zero-order chi connectivity index (χ0) is 24.3. The van der Waals surface area contributed by atoms with E-state index in [1.807, 2.05) is 38.4 Å². The highest BCUT2D eigenvalue weighted by Gasteiger charge is 2.07. The Hall–Kier alpha value is -2.44. The third kappa shape index (κ3) is 14.3. The SMILES string of the molecule is CCCCC(CC)CNC(=O)NCCCCCCCNC(=O)NCc1ccc(N(C)C)cc1. The van der Waals surface area contributed by atoms with E-state index >= 15 is 0 Å². The first-order valence-electron chi connectivity index (χ1n) is 12.8. The number of nitrogens with one attached hydrogen (secondary N) is 4. The fraction of sp³-hybridized carbons (Fsp3) is 0.692. The van der Waals surface area contributed by atoms with Gasteiger partial charge in [0.15, 0.2) is 0 Å². The molecule has 1 unspecified atom stereocenters. The van der Waals surface area contributed by atoms with E-state index in [4.69, 9.17) is 0 Å². The molecule has 0 aliphatic rings. The Balaban J connectivity index is 1.95. The summed E-state index contributed by atoms with van der Waals surface area (Å²) in [5, 5.41) is 11.8. The van der Waals surface area contributed by atoms with Crippen LogP contribution in [0.3, 0.4) is 0 Å². The molecule has 1 aromatic carbocycles. The van der Waals surface area contributed by atoms with Crippen molar-refractivity contribution in [2.75, 3.05) is 38.6 Å². The van der Waals surface area contributed by atoms with E-state index in [1.54, 1.807) is 0 Å². The van der Waals surface area contributed by atoms with E-state index in [9.17, 15) is 9.59 Å². The molecule has 0 radical (unpaired) electrons. The van der Waals surface area contributed by atoms with Crippen LogP contribution in [0, 0.1) is 5.92 Å². The lowest BCUT2D eigenvalue weighted by atomic mass is 9.99. The van der Waals surface area contributed by atoms with Crippen LogP contribution >= 0.6 is 0 Å². The number of unbranched alkanes of at least 4 members (excludes halogenated alkanes) is 5. The molecule has 4 N–H and O–H groups in total. The Kier molecular flexibility index (Phi) is 15.6. The Morgan fingerprint density at radius 1 is 0.788 bits per heavy atom. The molecule has 1 atom stereocenters. The predicted octanol–water partition coefficient (Wildman–Crippen LogP) is 5.02. The Morgan fingerprint density at radius 2 is 1.36 bits per heavy atom. The monoisotopic (exact) mass is 461 g/mol. The normalized spacial score (nSPS) is 11.5. The van der Waals surface area contributed by atoms with Gasteiger partial charge >= 0.3 is 12.1 Å². The van der Waals surface area contributed by atoms with Crippen LogP contribution in [-0.4, -0.2) is 45.8 Å². The van der Waals surface area contributed by atoms with E-state index in [-0.39, 0.29) is 12.1 Å². The van der Waals surface area contributed by atoms with E-state index in [0.29, 0.717) is 25.6 Å². The van der Waals surface area contributed by atoms with Crippen LogP contribution in [0.2, 0.25) is 0 Å². The van der Waals surface area contributed by atoms with Gasteiger partial charge in [-0.1, -0.05) is 64.5 Å². The summed E-state index contributed by atoms with van der Waals surface area (Å²) in [4.78, 5) is 25.9. The summed E-state index contributed by atoms with van der Waals surface area (Å²) in [6.45, 7) is 7.08. The number of hydrogen-bond acceptors (Lipinski definition) is 3. The van der Waals surface area contributed by atoms with Gasteiger partial charge in [-0.15, -0.1) is 0 Å². The minimum absolute atomic E-state index is 0.0474. The molecule has 4 amide bonds. The highest BCUT2D eigenvalue weighted by atomic mass is 16.2. The van der Waals surface area contributed by atoms with Crippen molar-refractivity contribution in [3.63, 3.8) is 0 Å². The maximum atomic E-state index is 11.9. The number of hydrogen-bond donors (Lipinski definition) is 4. The highest BCUT2D eigenvalue weighted by Crippen LogP contribution is 2.12. The number of nitrogens with zero attached hydrogens (tertiary/aromatic N) is 1. The van der Waals surface area contributed by atoms with Crippen LogP contribution in [0.15, 0.2) is 24.3 Å². The molecule has 7 nitrogen and oxygen atoms in total. The highest BCUT2D eigenvalue weighted by molar-refractivity contribution is 5.74. The molecule has 1 aromatic rings. The first-order valence-corrected chi connectivity index (χ1v) is 12.8. The summed E-state index contributed by atoms with van der Waals surface area (Å²) >= 11 is 0. The zero-order valence-corrected chi connectivity index (χ0v) is 21.3.